The van der Waals surface area contributed by atoms with Gasteiger partial charge in [-0.2, -0.15) is 0 Å². The van der Waals surface area contributed by atoms with Crippen molar-refractivity contribution in [2.45, 2.75) is 32.4 Å². The predicted octanol–water partition coefficient (Wildman–Crippen LogP) is 2.97. The second kappa shape index (κ2) is 6.08. The fraction of sp³-hybridized carbons (Fsp3) is 0.471. The Hall–Kier alpha value is -1.52. The largest absolute Gasteiger partial charge is 0.395 e. The summed E-state index contributed by atoms with van der Waals surface area (Å²) in [6.07, 6.45) is 4.01. The Kier molecular flexibility index (Phi) is 4.17. The summed E-state index contributed by atoms with van der Waals surface area (Å²) in [5.74, 6) is 0.243. The van der Waals surface area contributed by atoms with Crippen molar-refractivity contribution < 1.29 is 9.50 Å². The van der Waals surface area contributed by atoms with Crippen LogP contribution in [0.1, 0.15) is 25.3 Å². The summed E-state index contributed by atoms with van der Waals surface area (Å²) >= 11 is 0. The number of aliphatic hydroxyl groups excluding tert-OH is 1. The fourth-order valence-corrected chi connectivity index (χ4v) is 3.39. The fourth-order valence-electron chi connectivity index (χ4n) is 3.39. The first-order valence-electron chi connectivity index (χ1n) is 7.57. The average Bonchev–Trinajstić information content (AvgIpc) is 2.47. The third-order valence-electron chi connectivity index (χ3n) is 4.54. The number of benzene rings is 1. The van der Waals surface area contributed by atoms with E-state index in [0.717, 1.165) is 35.9 Å². The van der Waals surface area contributed by atoms with Crippen LogP contribution in [0.5, 0.6) is 0 Å². The Morgan fingerprint density at radius 2 is 2.29 bits per heavy atom. The lowest BCUT2D eigenvalue weighted by molar-refractivity contribution is 0.0474. The van der Waals surface area contributed by atoms with Crippen molar-refractivity contribution in [2.24, 2.45) is 5.92 Å². The van der Waals surface area contributed by atoms with Crippen molar-refractivity contribution in [1.82, 2.24) is 9.88 Å². The molecule has 0 aliphatic carbocycles. The summed E-state index contributed by atoms with van der Waals surface area (Å²) in [6, 6.07) is 6.96. The van der Waals surface area contributed by atoms with Crippen molar-refractivity contribution in [2.75, 3.05) is 13.2 Å². The molecule has 4 heteroatoms. The van der Waals surface area contributed by atoms with Gasteiger partial charge < -0.3 is 5.11 Å². The molecule has 112 valence electrons. The normalized spacial score (nSPS) is 23.6. The first-order chi connectivity index (χ1) is 10.2. The molecule has 1 N–H and O–H groups in total. The number of nitrogens with zero attached hydrogens (tertiary/aromatic N) is 2. The lowest BCUT2D eigenvalue weighted by Crippen LogP contribution is -2.46. The van der Waals surface area contributed by atoms with Crippen molar-refractivity contribution in [1.29, 1.82) is 0 Å². The van der Waals surface area contributed by atoms with Crippen molar-refractivity contribution >= 4 is 10.9 Å². The molecular weight excluding hydrogens is 267 g/mol. The van der Waals surface area contributed by atoms with Gasteiger partial charge in [-0.05, 0) is 49.1 Å². The number of rotatable bonds is 3. The lowest BCUT2D eigenvalue weighted by Gasteiger charge is -2.39. The number of hydrogen-bond donors (Lipinski definition) is 1. The van der Waals surface area contributed by atoms with Gasteiger partial charge >= 0.3 is 0 Å². The zero-order chi connectivity index (χ0) is 14.8. The number of halogens is 1. The molecule has 2 atom stereocenters. The molecule has 2 heterocycles. The van der Waals surface area contributed by atoms with E-state index in [4.69, 9.17) is 0 Å². The lowest BCUT2D eigenvalue weighted by atomic mass is 9.91. The third-order valence-corrected chi connectivity index (χ3v) is 4.54. The minimum absolute atomic E-state index is 0.153. The molecule has 0 bridgehead atoms. The van der Waals surface area contributed by atoms with Gasteiger partial charge in [0.1, 0.15) is 5.82 Å². The molecule has 1 aromatic heterocycles. The molecule has 21 heavy (non-hydrogen) atoms. The van der Waals surface area contributed by atoms with Crippen LogP contribution < -0.4 is 0 Å². The van der Waals surface area contributed by atoms with Gasteiger partial charge in [0.2, 0.25) is 0 Å². The molecule has 3 rings (SSSR count). The predicted molar refractivity (Wildman–Crippen MR) is 81.4 cm³/mol. The maximum absolute atomic E-state index is 13.8. The first kappa shape index (κ1) is 14.4. The van der Waals surface area contributed by atoms with Crippen LogP contribution in [0.4, 0.5) is 4.39 Å². The van der Waals surface area contributed by atoms with Crippen LogP contribution in [0.25, 0.3) is 10.9 Å². The van der Waals surface area contributed by atoms with Crippen molar-refractivity contribution in [3.63, 3.8) is 0 Å². The first-order valence-corrected chi connectivity index (χ1v) is 7.57. The minimum atomic E-state index is -0.226. The molecule has 2 aromatic rings. The molecule has 1 saturated heterocycles. The highest BCUT2D eigenvalue weighted by molar-refractivity contribution is 5.81. The molecule has 0 unspecified atom stereocenters. The highest BCUT2D eigenvalue weighted by atomic mass is 19.1. The maximum atomic E-state index is 13.8. The molecule has 0 radical (unpaired) electrons. The number of likely N-dealkylation sites (tertiary alicyclic amines) is 1. The van der Waals surface area contributed by atoms with Crippen LogP contribution in [-0.4, -0.2) is 34.2 Å². The van der Waals surface area contributed by atoms with Crippen LogP contribution in [-0.2, 0) is 6.54 Å². The SMILES string of the molecule is C[C@@H]1CCCN(Cc2cc(F)cc3cccnc23)[C@H]1CO. The zero-order valence-electron chi connectivity index (χ0n) is 12.3. The highest BCUT2D eigenvalue weighted by Crippen LogP contribution is 2.27. The molecule has 3 nitrogen and oxygen atoms in total. The topological polar surface area (TPSA) is 36.4 Å². The Morgan fingerprint density at radius 3 is 3.10 bits per heavy atom. The second-order valence-electron chi connectivity index (χ2n) is 5.98. The average molecular weight is 288 g/mol. The molecule has 1 aliphatic heterocycles. The van der Waals surface area contributed by atoms with E-state index in [0.29, 0.717) is 12.5 Å². The number of aromatic nitrogens is 1. The summed E-state index contributed by atoms with van der Waals surface area (Å²) < 4.78 is 13.8. The molecular formula is C17H21FN2O. The van der Waals surface area contributed by atoms with Gasteiger partial charge in [-0.15, -0.1) is 0 Å². The number of hydrogen-bond acceptors (Lipinski definition) is 3. The van der Waals surface area contributed by atoms with Crippen LogP contribution in [0.2, 0.25) is 0 Å². The van der Waals surface area contributed by atoms with Crippen LogP contribution >= 0.6 is 0 Å². The van der Waals surface area contributed by atoms with Crippen molar-refractivity contribution in [3.8, 4) is 0 Å². The van der Waals surface area contributed by atoms with Gasteiger partial charge in [0.05, 0.1) is 12.1 Å². The van der Waals surface area contributed by atoms with Gasteiger partial charge in [-0.3, -0.25) is 9.88 Å². The third kappa shape index (κ3) is 2.92. The van der Waals surface area contributed by atoms with E-state index < -0.39 is 0 Å². The van der Waals surface area contributed by atoms with Gasteiger partial charge in [-0.25, -0.2) is 4.39 Å². The smallest absolute Gasteiger partial charge is 0.124 e. The van der Waals surface area contributed by atoms with E-state index in [2.05, 4.69) is 16.8 Å². The van der Waals surface area contributed by atoms with Gasteiger partial charge in [0, 0.05) is 24.2 Å². The monoisotopic (exact) mass is 288 g/mol. The number of fused-ring (bicyclic) bond motifs is 1. The molecule has 0 saturated carbocycles. The highest BCUT2D eigenvalue weighted by Gasteiger charge is 2.28. The van der Waals surface area contributed by atoms with E-state index in [1.807, 2.05) is 12.1 Å². The Labute approximate surface area is 124 Å². The summed E-state index contributed by atoms with van der Waals surface area (Å²) in [5.41, 5.74) is 1.76. The summed E-state index contributed by atoms with van der Waals surface area (Å²) in [6.45, 7) is 3.91. The van der Waals surface area contributed by atoms with Crippen LogP contribution in [0, 0.1) is 11.7 Å². The zero-order valence-corrected chi connectivity index (χ0v) is 12.3. The van der Waals surface area contributed by atoms with E-state index in [9.17, 15) is 9.50 Å². The number of pyridine rings is 1. The van der Waals surface area contributed by atoms with E-state index >= 15 is 0 Å². The number of aliphatic hydroxyl groups is 1. The summed E-state index contributed by atoms with van der Waals surface area (Å²) in [5, 5.41) is 10.5. The van der Waals surface area contributed by atoms with E-state index in [-0.39, 0.29) is 18.5 Å². The van der Waals surface area contributed by atoms with E-state index in [1.54, 1.807) is 12.3 Å². The Morgan fingerprint density at radius 1 is 1.43 bits per heavy atom. The van der Waals surface area contributed by atoms with Gasteiger partial charge in [0.25, 0.3) is 0 Å². The summed E-state index contributed by atoms with van der Waals surface area (Å²) in [4.78, 5) is 6.66. The summed E-state index contributed by atoms with van der Waals surface area (Å²) in [7, 11) is 0. The van der Waals surface area contributed by atoms with Crippen molar-refractivity contribution in [3.05, 3.63) is 41.8 Å². The standard InChI is InChI=1S/C17H21FN2O/c1-12-4-3-7-20(16(12)11-21)10-14-9-15(18)8-13-5-2-6-19-17(13)14/h2,5-6,8-9,12,16,21H,3-4,7,10-11H2,1H3/t12-,16+/m1/s1. The number of piperidine rings is 1. The van der Waals surface area contributed by atoms with Crippen LogP contribution in [0.3, 0.4) is 0 Å². The molecule has 1 aromatic carbocycles. The van der Waals surface area contributed by atoms with Crippen LogP contribution in [0.15, 0.2) is 30.5 Å². The van der Waals surface area contributed by atoms with Gasteiger partial charge in [-0.1, -0.05) is 13.0 Å². The quantitative estimate of drug-likeness (QED) is 0.943. The molecule has 0 amide bonds. The van der Waals surface area contributed by atoms with E-state index in [1.165, 1.54) is 6.07 Å². The second-order valence-corrected chi connectivity index (χ2v) is 5.98. The molecule has 1 aliphatic rings. The Bertz CT molecular complexity index is 631. The molecule has 0 spiro atoms. The maximum Gasteiger partial charge on any atom is 0.124 e. The Balaban J connectivity index is 1.93. The molecule has 1 fully saturated rings. The minimum Gasteiger partial charge on any atom is -0.395 e. The van der Waals surface area contributed by atoms with Gasteiger partial charge in [0.15, 0.2) is 0 Å².